The van der Waals surface area contributed by atoms with Crippen molar-refractivity contribution in [1.29, 1.82) is 0 Å². The zero-order chi connectivity index (χ0) is 28.3. The van der Waals surface area contributed by atoms with Crippen molar-refractivity contribution in [3.63, 3.8) is 0 Å². The van der Waals surface area contributed by atoms with Crippen LogP contribution in [0.2, 0.25) is 0 Å². The number of methoxy groups -OCH3 is 1. The van der Waals surface area contributed by atoms with E-state index in [0.717, 1.165) is 50.5 Å². The molecule has 41 heavy (non-hydrogen) atoms. The lowest BCUT2D eigenvalue weighted by Crippen LogP contribution is -2.11. The number of rotatable bonds is 8. The first-order valence-electron chi connectivity index (χ1n) is 13.0. The zero-order valence-electron chi connectivity index (χ0n) is 22.4. The number of hydrogen-bond donors (Lipinski definition) is 2. The number of anilines is 2. The molecule has 0 aliphatic heterocycles. The minimum absolute atomic E-state index is 0.319. The predicted molar refractivity (Wildman–Crippen MR) is 168 cm³/mol. The number of carbonyl (C=O) groups excluding carboxylic acids is 1. The van der Waals surface area contributed by atoms with Crippen LogP contribution in [0.25, 0.3) is 43.9 Å². The van der Waals surface area contributed by atoms with Crippen molar-refractivity contribution >= 4 is 49.6 Å². The first-order chi connectivity index (χ1) is 20.0. The Morgan fingerprint density at radius 2 is 1.56 bits per heavy atom. The fourth-order valence-corrected chi connectivity index (χ4v) is 6.28. The smallest absolute Gasteiger partial charge is 0.269 e. The Labute approximate surface area is 245 Å². The van der Waals surface area contributed by atoms with E-state index in [2.05, 4.69) is 10.3 Å². The molecule has 0 unspecified atom stereocenters. The van der Waals surface area contributed by atoms with Gasteiger partial charge in [0.25, 0.3) is 5.91 Å². The van der Waals surface area contributed by atoms with Crippen LogP contribution in [0.5, 0.6) is 11.5 Å². The van der Waals surface area contributed by atoms with E-state index >= 15 is 0 Å². The van der Waals surface area contributed by atoms with Crippen molar-refractivity contribution < 1.29 is 14.3 Å². The second-order valence-corrected chi connectivity index (χ2v) is 11.0. The highest BCUT2D eigenvalue weighted by Crippen LogP contribution is 2.42. The van der Waals surface area contributed by atoms with Crippen LogP contribution in [0.4, 0.5) is 10.8 Å². The number of nitrogens with one attached hydrogen (secondary N) is 1. The number of pyridine rings is 1. The number of nitrogens with two attached hydrogens (primary N) is 1. The maximum absolute atomic E-state index is 13.5. The largest absolute Gasteiger partial charge is 0.497 e. The number of thiazole rings is 1. The van der Waals surface area contributed by atoms with Crippen LogP contribution in [0, 0.1) is 0 Å². The van der Waals surface area contributed by atoms with E-state index in [1.807, 2.05) is 97.2 Å². The molecule has 7 nitrogen and oxygen atoms in total. The Kier molecular flexibility index (Phi) is 7.37. The van der Waals surface area contributed by atoms with E-state index in [9.17, 15) is 4.79 Å². The highest BCUT2D eigenvalue weighted by Gasteiger charge is 2.22. The number of aromatic nitrogens is 2. The Hall–Kier alpha value is -4.73. The van der Waals surface area contributed by atoms with Gasteiger partial charge in [-0.2, -0.15) is 0 Å². The summed E-state index contributed by atoms with van der Waals surface area (Å²) in [5.74, 6) is 1.24. The molecular weight excluding hydrogens is 553 g/mol. The summed E-state index contributed by atoms with van der Waals surface area (Å²) in [4.78, 5) is 24.1. The number of benzene rings is 3. The minimum Gasteiger partial charge on any atom is -0.497 e. The minimum atomic E-state index is -0.319. The van der Waals surface area contributed by atoms with Crippen LogP contribution < -0.4 is 20.5 Å². The summed E-state index contributed by atoms with van der Waals surface area (Å²) in [6.07, 6.45) is 0. The van der Waals surface area contributed by atoms with Crippen LogP contribution in [-0.4, -0.2) is 29.6 Å². The van der Waals surface area contributed by atoms with E-state index in [-0.39, 0.29) is 5.91 Å². The summed E-state index contributed by atoms with van der Waals surface area (Å²) in [5.41, 5.74) is 12.4. The molecule has 0 aliphatic rings. The van der Waals surface area contributed by atoms with Gasteiger partial charge in [-0.3, -0.25) is 10.1 Å². The molecule has 0 aliphatic carbocycles. The molecule has 3 heterocycles. The standard InChI is InChI=1S/C32H26N4O3S2/c1-3-39-23-15-11-21(12-16-23)26-18-40-32(35-26)36-30(37)29-28(33)27-24(19-9-13-22(38-2)14-10-19)17-25(34-31(27)41-29)20-7-5-4-6-8-20/h4-18H,3,33H2,1-2H3,(H,35,36,37). The molecule has 0 atom stereocenters. The van der Waals surface area contributed by atoms with Gasteiger partial charge in [0.15, 0.2) is 5.13 Å². The second kappa shape index (κ2) is 11.4. The summed E-state index contributed by atoms with van der Waals surface area (Å²) >= 11 is 2.64. The number of amides is 1. The topological polar surface area (TPSA) is 99.4 Å². The van der Waals surface area contributed by atoms with Crippen LogP contribution in [0.3, 0.4) is 0 Å². The Morgan fingerprint density at radius 3 is 2.27 bits per heavy atom. The first-order valence-corrected chi connectivity index (χ1v) is 14.7. The number of hydrogen-bond acceptors (Lipinski definition) is 8. The summed E-state index contributed by atoms with van der Waals surface area (Å²) in [6.45, 7) is 2.56. The number of thiophene rings is 1. The predicted octanol–water partition coefficient (Wildman–Crippen LogP) is 8.00. The fourth-order valence-electron chi connectivity index (χ4n) is 4.55. The number of ether oxygens (including phenoxy) is 2. The third-order valence-electron chi connectivity index (χ3n) is 6.56. The Morgan fingerprint density at radius 1 is 0.878 bits per heavy atom. The number of carbonyl (C=O) groups is 1. The highest BCUT2D eigenvalue weighted by molar-refractivity contribution is 7.21. The molecule has 0 saturated heterocycles. The molecule has 0 bridgehead atoms. The van der Waals surface area contributed by atoms with Gasteiger partial charge < -0.3 is 15.2 Å². The summed E-state index contributed by atoms with van der Waals surface area (Å²) in [5, 5.41) is 6.08. The SMILES string of the molecule is CCOc1ccc(-c2csc(NC(=O)c3sc4nc(-c5ccccc5)cc(-c5ccc(OC)cc5)c4c3N)n2)cc1. The van der Waals surface area contributed by atoms with Gasteiger partial charge in [-0.15, -0.1) is 22.7 Å². The lowest BCUT2D eigenvalue weighted by Gasteiger charge is -2.09. The van der Waals surface area contributed by atoms with Crippen LogP contribution in [-0.2, 0) is 0 Å². The van der Waals surface area contributed by atoms with Gasteiger partial charge in [0.1, 0.15) is 21.2 Å². The van der Waals surface area contributed by atoms with Gasteiger partial charge in [-0.1, -0.05) is 42.5 Å². The normalized spacial score (nSPS) is 11.0. The number of nitrogens with zero attached hydrogens (tertiary/aromatic N) is 2. The van der Waals surface area contributed by atoms with Crippen molar-refractivity contribution in [2.24, 2.45) is 0 Å². The molecule has 9 heteroatoms. The van der Waals surface area contributed by atoms with Crippen molar-refractivity contribution in [1.82, 2.24) is 9.97 Å². The first kappa shape index (κ1) is 26.5. The van der Waals surface area contributed by atoms with Crippen molar-refractivity contribution in [2.75, 3.05) is 24.8 Å². The molecule has 0 spiro atoms. The van der Waals surface area contributed by atoms with Crippen molar-refractivity contribution in [3.8, 4) is 45.1 Å². The van der Waals surface area contributed by atoms with E-state index < -0.39 is 0 Å². The molecule has 1 amide bonds. The third kappa shape index (κ3) is 5.37. The van der Waals surface area contributed by atoms with Crippen molar-refractivity contribution in [3.05, 3.63) is 95.2 Å². The molecule has 6 aromatic rings. The van der Waals surface area contributed by atoms with Gasteiger partial charge in [-0.25, -0.2) is 9.97 Å². The van der Waals surface area contributed by atoms with E-state index in [4.69, 9.17) is 20.2 Å². The lowest BCUT2D eigenvalue weighted by molar-refractivity contribution is 0.103. The summed E-state index contributed by atoms with van der Waals surface area (Å²) in [6, 6.07) is 27.5. The molecule has 0 fully saturated rings. The summed E-state index contributed by atoms with van der Waals surface area (Å²) in [7, 11) is 1.64. The molecule has 0 radical (unpaired) electrons. The van der Waals surface area contributed by atoms with Crippen LogP contribution in [0.15, 0.2) is 90.3 Å². The third-order valence-corrected chi connectivity index (χ3v) is 8.42. The summed E-state index contributed by atoms with van der Waals surface area (Å²) < 4.78 is 10.9. The second-order valence-electron chi connectivity index (χ2n) is 9.12. The monoisotopic (exact) mass is 578 g/mol. The van der Waals surface area contributed by atoms with Gasteiger partial charge >= 0.3 is 0 Å². The Balaban J connectivity index is 1.35. The van der Waals surface area contributed by atoms with Crippen LogP contribution >= 0.6 is 22.7 Å². The molecule has 3 N–H and O–H groups in total. The molecular formula is C32H26N4O3S2. The maximum Gasteiger partial charge on any atom is 0.269 e. The van der Waals surface area contributed by atoms with Crippen molar-refractivity contribution in [2.45, 2.75) is 6.92 Å². The Bertz CT molecular complexity index is 1830. The molecule has 3 aromatic heterocycles. The van der Waals surface area contributed by atoms with Crippen LogP contribution in [0.1, 0.15) is 16.6 Å². The van der Waals surface area contributed by atoms with Gasteiger partial charge in [0.05, 0.1) is 30.8 Å². The lowest BCUT2D eigenvalue weighted by atomic mass is 9.99. The molecule has 3 aromatic carbocycles. The number of fused-ring (bicyclic) bond motifs is 1. The quantitative estimate of drug-likeness (QED) is 0.190. The van der Waals surface area contributed by atoms with Gasteiger partial charge in [0, 0.05) is 21.9 Å². The molecule has 204 valence electrons. The van der Waals surface area contributed by atoms with E-state index in [1.54, 1.807) is 7.11 Å². The van der Waals surface area contributed by atoms with Gasteiger partial charge in [-0.05, 0) is 60.5 Å². The maximum atomic E-state index is 13.5. The molecule has 0 saturated carbocycles. The van der Waals surface area contributed by atoms with E-state index in [1.165, 1.54) is 22.7 Å². The van der Waals surface area contributed by atoms with Gasteiger partial charge in [0.2, 0.25) is 0 Å². The zero-order valence-corrected chi connectivity index (χ0v) is 24.0. The average Bonchev–Trinajstić information content (AvgIpc) is 3.62. The number of nitrogen functional groups attached to an aromatic ring is 1. The fraction of sp³-hybridized carbons (Fsp3) is 0.0938. The molecule has 6 rings (SSSR count). The average molecular weight is 579 g/mol. The highest BCUT2D eigenvalue weighted by atomic mass is 32.1. The van der Waals surface area contributed by atoms with E-state index in [0.29, 0.717) is 27.1 Å².